The molecule has 6 heteroatoms. The first-order valence-corrected chi connectivity index (χ1v) is 6.38. The summed E-state index contributed by atoms with van der Waals surface area (Å²) in [6.07, 6.45) is 0.835. The van der Waals surface area contributed by atoms with Gasteiger partial charge in [0.15, 0.2) is 11.9 Å². The lowest BCUT2D eigenvalue weighted by molar-refractivity contribution is 0.0263. The Kier molecular flexibility index (Phi) is 3.65. The Balaban J connectivity index is 2.09. The molecule has 0 aliphatic rings. The normalized spacial score (nSPS) is 13.2. The van der Waals surface area contributed by atoms with Crippen LogP contribution in [-0.2, 0) is 10.2 Å². The average Bonchev–Trinajstić information content (AvgIpc) is 2.95. The van der Waals surface area contributed by atoms with Gasteiger partial charge in [-0.15, -0.1) is 0 Å². The number of ether oxygens (including phenoxy) is 1. The van der Waals surface area contributed by atoms with Crippen molar-refractivity contribution < 1.29 is 18.5 Å². The smallest absolute Gasteiger partial charge is 0.342 e. The molecule has 2 heterocycles. The SMILES string of the molecule is Cc1occc1C(=O)O[C@H](C)c1nc(C(C)(C)C)no1. The highest BCUT2D eigenvalue weighted by Gasteiger charge is 2.25. The zero-order valence-electron chi connectivity index (χ0n) is 12.3. The average molecular weight is 278 g/mol. The van der Waals surface area contributed by atoms with Crippen LogP contribution in [0, 0.1) is 6.92 Å². The van der Waals surface area contributed by atoms with Crippen LogP contribution in [0.4, 0.5) is 0 Å². The van der Waals surface area contributed by atoms with Crippen molar-refractivity contribution in [3.05, 3.63) is 35.4 Å². The van der Waals surface area contributed by atoms with E-state index in [0.29, 0.717) is 17.1 Å². The molecule has 2 rings (SSSR count). The summed E-state index contributed by atoms with van der Waals surface area (Å²) in [5.74, 6) is 0.904. The first-order chi connectivity index (χ1) is 9.29. The Labute approximate surface area is 117 Å². The number of rotatable bonds is 3. The van der Waals surface area contributed by atoms with Crippen molar-refractivity contribution in [2.75, 3.05) is 0 Å². The van der Waals surface area contributed by atoms with Gasteiger partial charge in [0.1, 0.15) is 11.3 Å². The number of nitrogens with zero attached hydrogens (tertiary/aromatic N) is 2. The Hall–Kier alpha value is -2.11. The van der Waals surface area contributed by atoms with Crippen LogP contribution >= 0.6 is 0 Å². The van der Waals surface area contributed by atoms with Gasteiger partial charge in [-0.2, -0.15) is 4.98 Å². The van der Waals surface area contributed by atoms with Crippen molar-refractivity contribution in [1.82, 2.24) is 10.1 Å². The molecule has 1 atom stereocenters. The molecule has 0 spiro atoms. The van der Waals surface area contributed by atoms with Crippen LogP contribution in [0.1, 0.15) is 61.6 Å². The van der Waals surface area contributed by atoms with Gasteiger partial charge in [0.05, 0.1) is 6.26 Å². The molecule has 0 fully saturated rings. The van der Waals surface area contributed by atoms with Crippen LogP contribution in [0.2, 0.25) is 0 Å². The van der Waals surface area contributed by atoms with Crippen molar-refractivity contribution in [2.24, 2.45) is 0 Å². The van der Waals surface area contributed by atoms with Crippen molar-refractivity contribution in [2.45, 2.75) is 46.1 Å². The van der Waals surface area contributed by atoms with Crippen LogP contribution in [-0.4, -0.2) is 16.1 Å². The maximum Gasteiger partial charge on any atom is 0.342 e. The van der Waals surface area contributed by atoms with Gasteiger partial charge in [-0.1, -0.05) is 25.9 Å². The third-order valence-electron chi connectivity index (χ3n) is 2.82. The van der Waals surface area contributed by atoms with Crippen molar-refractivity contribution in [3.8, 4) is 0 Å². The highest BCUT2D eigenvalue weighted by atomic mass is 16.6. The molecule has 2 aromatic heterocycles. The summed E-state index contributed by atoms with van der Waals surface area (Å²) in [5, 5.41) is 3.90. The third kappa shape index (κ3) is 2.89. The fourth-order valence-corrected chi connectivity index (χ4v) is 1.58. The van der Waals surface area contributed by atoms with Crippen LogP contribution in [0.3, 0.4) is 0 Å². The lowest BCUT2D eigenvalue weighted by Crippen LogP contribution is -2.14. The van der Waals surface area contributed by atoms with Crippen LogP contribution in [0.15, 0.2) is 21.3 Å². The van der Waals surface area contributed by atoms with E-state index in [1.54, 1.807) is 19.9 Å². The number of hydrogen-bond donors (Lipinski definition) is 0. The number of furan rings is 1. The minimum Gasteiger partial charge on any atom is -0.469 e. The third-order valence-corrected chi connectivity index (χ3v) is 2.82. The Morgan fingerprint density at radius 1 is 1.40 bits per heavy atom. The van der Waals surface area contributed by atoms with E-state index in [9.17, 15) is 4.79 Å². The Morgan fingerprint density at radius 2 is 2.10 bits per heavy atom. The number of esters is 1. The highest BCUT2D eigenvalue weighted by Crippen LogP contribution is 2.23. The fraction of sp³-hybridized carbons (Fsp3) is 0.500. The van der Waals surface area contributed by atoms with E-state index in [2.05, 4.69) is 10.1 Å². The molecular weight excluding hydrogens is 260 g/mol. The number of carbonyl (C=O) groups excluding carboxylic acids is 1. The molecule has 108 valence electrons. The number of aromatic nitrogens is 2. The van der Waals surface area contributed by atoms with Crippen molar-refractivity contribution in [3.63, 3.8) is 0 Å². The molecule has 0 saturated carbocycles. The van der Waals surface area contributed by atoms with Gasteiger partial charge in [-0.05, 0) is 19.9 Å². The maximum atomic E-state index is 11.9. The molecule has 2 aromatic rings. The van der Waals surface area contributed by atoms with Gasteiger partial charge in [0.25, 0.3) is 5.89 Å². The maximum absolute atomic E-state index is 11.9. The van der Waals surface area contributed by atoms with Gasteiger partial charge >= 0.3 is 5.97 Å². The predicted octanol–water partition coefficient (Wildman–Crippen LogP) is 3.19. The number of aryl methyl sites for hydroxylation is 1. The zero-order valence-corrected chi connectivity index (χ0v) is 12.3. The molecule has 6 nitrogen and oxygen atoms in total. The highest BCUT2D eigenvalue weighted by molar-refractivity contribution is 5.90. The standard InChI is InChI=1S/C14H18N2O4/c1-8-10(6-7-18-8)12(17)19-9(2)11-15-13(16-20-11)14(3,4)5/h6-7,9H,1-5H3/t9-/m1/s1. The summed E-state index contributed by atoms with van der Waals surface area (Å²) in [7, 11) is 0. The van der Waals surface area contributed by atoms with Gasteiger partial charge in [0, 0.05) is 5.41 Å². The van der Waals surface area contributed by atoms with E-state index in [0.717, 1.165) is 0 Å². The van der Waals surface area contributed by atoms with Crippen molar-refractivity contribution >= 4 is 5.97 Å². The van der Waals surface area contributed by atoms with E-state index in [1.807, 2.05) is 20.8 Å². The monoisotopic (exact) mass is 278 g/mol. The minimum atomic E-state index is -0.611. The summed E-state index contributed by atoms with van der Waals surface area (Å²) in [6.45, 7) is 9.33. The summed E-state index contributed by atoms with van der Waals surface area (Å²) < 4.78 is 15.5. The molecule has 0 aromatic carbocycles. The summed E-state index contributed by atoms with van der Waals surface area (Å²) >= 11 is 0. The van der Waals surface area contributed by atoms with E-state index in [1.165, 1.54) is 6.26 Å². The molecule has 0 N–H and O–H groups in total. The lowest BCUT2D eigenvalue weighted by atomic mass is 9.96. The molecule has 0 unspecified atom stereocenters. The van der Waals surface area contributed by atoms with Gasteiger partial charge in [-0.3, -0.25) is 0 Å². The lowest BCUT2D eigenvalue weighted by Gasteiger charge is -2.11. The molecule has 0 bridgehead atoms. The number of hydrogen-bond acceptors (Lipinski definition) is 6. The van der Waals surface area contributed by atoms with E-state index in [-0.39, 0.29) is 11.3 Å². The topological polar surface area (TPSA) is 78.4 Å². The summed E-state index contributed by atoms with van der Waals surface area (Å²) in [6, 6.07) is 1.57. The van der Waals surface area contributed by atoms with Gasteiger partial charge in [-0.25, -0.2) is 4.79 Å². The van der Waals surface area contributed by atoms with Gasteiger partial charge < -0.3 is 13.7 Å². The quantitative estimate of drug-likeness (QED) is 0.802. The Bertz CT molecular complexity index is 607. The van der Waals surface area contributed by atoms with Crippen LogP contribution < -0.4 is 0 Å². The second-order valence-electron chi connectivity index (χ2n) is 5.64. The van der Waals surface area contributed by atoms with E-state index >= 15 is 0 Å². The molecule has 0 aliphatic carbocycles. The van der Waals surface area contributed by atoms with E-state index < -0.39 is 12.1 Å². The first kappa shape index (κ1) is 14.3. The largest absolute Gasteiger partial charge is 0.469 e. The van der Waals surface area contributed by atoms with E-state index in [4.69, 9.17) is 13.7 Å². The Morgan fingerprint density at radius 3 is 2.60 bits per heavy atom. The van der Waals surface area contributed by atoms with Crippen molar-refractivity contribution in [1.29, 1.82) is 0 Å². The summed E-state index contributed by atoms with van der Waals surface area (Å²) in [4.78, 5) is 16.2. The van der Waals surface area contributed by atoms with Gasteiger partial charge in [0.2, 0.25) is 0 Å². The number of carbonyl (C=O) groups is 1. The fourth-order valence-electron chi connectivity index (χ4n) is 1.58. The molecule has 20 heavy (non-hydrogen) atoms. The minimum absolute atomic E-state index is 0.216. The molecule has 0 aliphatic heterocycles. The molecule has 0 saturated heterocycles. The predicted molar refractivity (Wildman–Crippen MR) is 70.3 cm³/mol. The second kappa shape index (κ2) is 5.11. The van der Waals surface area contributed by atoms with Crippen LogP contribution in [0.25, 0.3) is 0 Å². The zero-order chi connectivity index (χ0) is 14.9. The second-order valence-corrected chi connectivity index (χ2v) is 5.64. The van der Waals surface area contributed by atoms with Crippen LogP contribution in [0.5, 0.6) is 0 Å². The summed E-state index contributed by atoms with van der Waals surface area (Å²) in [5.41, 5.74) is 0.180. The molecule has 0 radical (unpaired) electrons. The molecule has 0 amide bonds. The first-order valence-electron chi connectivity index (χ1n) is 6.38. The molecular formula is C14H18N2O4.